The Labute approximate surface area is 193 Å². The van der Waals surface area contributed by atoms with E-state index in [2.05, 4.69) is 20.0 Å². The minimum absolute atomic E-state index is 0.00158. The van der Waals surface area contributed by atoms with Crippen LogP contribution in [0.4, 0.5) is 0 Å². The molecule has 166 valence electrons. The number of hydrogen-bond acceptors (Lipinski definition) is 7. The van der Waals surface area contributed by atoms with E-state index in [1.54, 1.807) is 23.8 Å². The summed E-state index contributed by atoms with van der Waals surface area (Å²) >= 11 is 11.9. The van der Waals surface area contributed by atoms with Crippen LogP contribution >= 0.6 is 23.2 Å². The van der Waals surface area contributed by atoms with E-state index in [-0.39, 0.29) is 34.0 Å². The third-order valence-corrected chi connectivity index (χ3v) is 6.87. The predicted octanol–water partition coefficient (Wildman–Crippen LogP) is 3.46. The number of methoxy groups -OCH3 is 1. The molecule has 2 aromatic carbocycles. The fourth-order valence-corrected chi connectivity index (χ4v) is 4.64. The molecular formula is C20H17Cl2N5O4S. The molecule has 2 aromatic heterocycles. The fraction of sp³-hybridized carbons (Fsp3) is 0.150. The third-order valence-electron chi connectivity index (χ3n) is 4.44. The zero-order valence-electron chi connectivity index (χ0n) is 16.7. The van der Waals surface area contributed by atoms with Crippen molar-refractivity contribution in [3.63, 3.8) is 0 Å². The number of halogens is 2. The van der Waals surface area contributed by atoms with Gasteiger partial charge in [0.1, 0.15) is 17.3 Å². The smallest absolute Gasteiger partial charge is 0.242 e. The molecule has 2 heterocycles. The molecule has 0 bridgehead atoms. The van der Waals surface area contributed by atoms with Gasteiger partial charge in [0.25, 0.3) is 0 Å². The third kappa shape index (κ3) is 4.63. The number of sulfonamides is 1. The topological polar surface area (TPSA) is 108 Å². The van der Waals surface area contributed by atoms with Crippen molar-refractivity contribution in [2.24, 2.45) is 0 Å². The first-order valence-electron chi connectivity index (χ1n) is 9.32. The monoisotopic (exact) mass is 493 g/mol. The fourth-order valence-electron chi connectivity index (χ4n) is 2.87. The Morgan fingerprint density at radius 1 is 1.03 bits per heavy atom. The Morgan fingerprint density at radius 2 is 1.81 bits per heavy atom. The summed E-state index contributed by atoms with van der Waals surface area (Å²) in [6.45, 7) is 0.0360. The van der Waals surface area contributed by atoms with Crippen LogP contribution in [-0.2, 0) is 10.0 Å². The van der Waals surface area contributed by atoms with Gasteiger partial charge in [-0.15, -0.1) is 15.3 Å². The van der Waals surface area contributed by atoms with Crippen molar-refractivity contribution in [1.82, 2.24) is 24.5 Å². The van der Waals surface area contributed by atoms with Crippen LogP contribution in [0.15, 0.2) is 59.5 Å². The molecule has 0 atom stereocenters. The van der Waals surface area contributed by atoms with Crippen LogP contribution < -0.4 is 14.2 Å². The minimum Gasteiger partial charge on any atom is -0.497 e. The molecule has 0 fully saturated rings. The lowest BCUT2D eigenvalue weighted by Gasteiger charge is -2.10. The lowest BCUT2D eigenvalue weighted by molar-refractivity contribution is 0.306. The standard InChI is InChI=1S/C20H17Cl2N5O4S/c1-30-14-7-5-13(6-8-14)20-25-24-17-9-10-18(26-27(17)20)31-12-11-23-32(28,29)16-4-2-3-15(21)19(16)22/h2-10,23H,11-12H2,1H3. The number of ether oxygens (including phenoxy) is 2. The average Bonchev–Trinajstić information content (AvgIpc) is 3.22. The summed E-state index contributed by atoms with van der Waals surface area (Å²) in [6, 6.07) is 15.1. The SMILES string of the molecule is COc1ccc(-c2nnc3ccc(OCCNS(=O)(=O)c4cccc(Cl)c4Cl)nn23)cc1. The Kier molecular flexibility index (Phi) is 6.47. The quantitative estimate of drug-likeness (QED) is 0.374. The van der Waals surface area contributed by atoms with Crippen LogP contribution in [0.1, 0.15) is 0 Å². The van der Waals surface area contributed by atoms with Gasteiger partial charge in [0.2, 0.25) is 15.9 Å². The lowest BCUT2D eigenvalue weighted by Crippen LogP contribution is -2.28. The zero-order valence-corrected chi connectivity index (χ0v) is 19.0. The maximum absolute atomic E-state index is 12.4. The normalized spacial score (nSPS) is 11.6. The molecule has 0 aliphatic heterocycles. The van der Waals surface area contributed by atoms with Gasteiger partial charge < -0.3 is 9.47 Å². The molecule has 32 heavy (non-hydrogen) atoms. The van der Waals surface area contributed by atoms with Gasteiger partial charge in [0.15, 0.2) is 11.5 Å². The summed E-state index contributed by atoms with van der Waals surface area (Å²) in [5, 5.41) is 12.8. The summed E-state index contributed by atoms with van der Waals surface area (Å²) < 4.78 is 39.6. The maximum atomic E-state index is 12.4. The predicted molar refractivity (Wildman–Crippen MR) is 120 cm³/mol. The zero-order chi connectivity index (χ0) is 22.7. The first-order chi connectivity index (χ1) is 15.4. The van der Waals surface area contributed by atoms with Gasteiger partial charge in [0.05, 0.1) is 17.2 Å². The summed E-state index contributed by atoms with van der Waals surface area (Å²) in [6.07, 6.45) is 0. The molecule has 4 rings (SSSR count). The molecule has 0 radical (unpaired) electrons. The van der Waals surface area contributed by atoms with Gasteiger partial charge in [-0.25, -0.2) is 13.1 Å². The van der Waals surface area contributed by atoms with E-state index in [0.29, 0.717) is 11.5 Å². The Morgan fingerprint density at radius 3 is 2.56 bits per heavy atom. The first kappa shape index (κ1) is 22.3. The van der Waals surface area contributed by atoms with E-state index >= 15 is 0 Å². The Bertz CT molecular complexity index is 1360. The summed E-state index contributed by atoms with van der Waals surface area (Å²) in [5.41, 5.74) is 1.34. The van der Waals surface area contributed by atoms with E-state index in [1.807, 2.05) is 24.3 Å². The van der Waals surface area contributed by atoms with Crippen LogP contribution in [-0.4, -0.2) is 48.5 Å². The largest absolute Gasteiger partial charge is 0.497 e. The summed E-state index contributed by atoms with van der Waals surface area (Å²) in [7, 11) is -2.25. The van der Waals surface area contributed by atoms with Gasteiger partial charge >= 0.3 is 0 Å². The molecular weight excluding hydrogens is 477 g/mol. The lowest BCUT2D eigenvalue weighted by atomic mass is 10.2. The average molecular weight is 494 g/mol. The van der Waals surface area contributed by atoms with E-state index < -0.39 is 10.0 Å². The number of nitrogens with zero attached hydrogens (tertiary/aromatic N) is 4. The van der Waals surface area contributed by atoms with Crippen LogP contribution in [0.5, 0.6) is 11.6 Å². The van der Waals surface area contributed by atoms with Crippen LogP contribution in [0.25, 0.3) is 17.0 Å². The van der Waals surface area contributed by atoms with E-state index in [0.717, 1.165) is 11.3 Å². The minimum atomic E-state index is -3.84. The first-order valence-corrected chi connectivity index (χ1v) is 11.6. The van der Waals surface area contributed by atoms with Crippen molar-refractivity contribution in [1.29, 1.82) is 0 Å². The second-order valence-corrected chi connectivity index (χ2v) is 9.01. The molecule has 4 aromatic rings. The number of fused-ring (bicyclic) bond motifs is 1. The summed E-state index contributed by atoms with van der Waals surface area (Å²) in [4.78, 5) is -0.0974. The molecule has 0 spiro atoms. The molecule has 0 saturated carbocycles. The molecule has 1 N–H and O–H groups in total. The molecule has 0 amide bonds. The van der Waals surface area contributed by atoms with Crippen molar-refractivity contribution in [2.45, 2.75) is 4.90 Å². The molecule has 12 heteroatoms. The maximum Gasteiger partial charge on any atom is 0.242 e. The highest BCUT2D eigenvalue weighted by molar-refractivity contribution is 7.89. The highest BCUT2D eigenvalue weighted by Gasteiger charge is 2.19. The highest BCUT2D eigenvalue weighted by atomic mass is 35.5. The van der Waals surface area contributed by atoms with Crippen LogP contribution in [0.2, 0.25) is 10.0 Å². The number of rotatable bonds is 8. The van der Waals surface area contributed by atoms with Crippen molar-refractivity contribution in [3.05, 3.63) is 64.6 Å². The molecule has 9 nitrogen and oxygen atoms in total. The summed E-state index contributed by atoms with van der Waals surface area (Å²) in [5.74, 6) is 1.54. The van der Waals surface area contributed by atoms with E-state index in [4.69, 9.17) is 32.7 Å². The van der Waals surface area contributed by atoms with Crippen molar-refractivity contribution in [3.8, 4) is 23.0 Å². The van der Waals surface area contributed by atoms with Crippen LogP contribution in [0, 0.1) is 0 Å². The Balaban J connectivity index is 1.44. The van der Waals surface area contributed by atoms with Crippen molar-refractivity contribution >= 4 is 38.9 Å². The molecule has 0 saturated heterocycles. The second kappa shape index (κ2) is 9.29. The van der Waals surface area contributed by atoms with Crippen molar-refractivity contribution in [2.75, 3.05) is 20.3 Å². The van der Waals surface area contributed by atoms with Crippen molar-refractivity contribution < 1.29 is 17.9 Å². The Hall–Kier alpha value is -2.92. The van der Waals surface area contributed by atoms with Gasteiger partial charge in [-0.1, -0.05) is 29.3 Å². The van der Waals surface area contributed by atoms with Gasteiger partial charge in [-0.3, -0.25) is 0 Å². The molecule has 0 unspecified atom stereocenters. The number of aromatic nitrogens is 4. The highest BCUT2D eigenvalue weighted by Crippen LogP contribution is 2.28. The van der Waals surface area contributed by atoms with Gasteiger partial charge in [-0.2, -0.15) is 4.52 Å². The number of benzene rings is 2. The second-order valence-electron chi connectivity index (χ2n) is 6.49. The van der Waals surface area contributed by atoms with Gasteiger partial charge in [-0.05, 0) is 42.5 Å². The van der Waals surface area contributed by atoms with E-state index in [1.165, 1.54) is 18.2 Å². The number of hydrogen-bond donors (Lipinski definition) is 1. The molecule has 0 aliphatic carbocycles. The molecule has 0 aliphatic rings. The van der Waals surface area contributed by atoms with E-state index in [9.17, 15) is 8.42 Å². The van der Waals surface area contributed by atoms with Gasteiger partial charge in [0, 0.05) is 18.2 Å². The number of nitrogens with one attached hydrogen (secondary N) is 1. The van der Waals surface area contributed by atoms with Crippen LogP contribution in [0.3, 0.4) is 0 Å².